The number of urea groups is 1. The van der Waals surface area contributed by atoms with Crippen LogP contribution in [0.5, 0.6) is 0 Å². The van der Waals surface area contributed by atoms with Gasteiger partial charge in [0.25, 0.3) is 5.91 Å². The lowest BCUT2D eigenvalue weighted by Gasteiger charge is -2.17. The third-order valence-corrected chi connectivity index (χ3v) is 5.95. The number of carbonyl (C=O) groups excluding carboxylic acids is 2. The molecular weight excluding hydrogens is 386 g/mol. The average Bonchev–Trinajstić information content (AvgIpc) is 2.83. The van der Waals surface area contributed by atoms with Crippen molar-refractivity contribution in [2.75, 3.05) is 11.9 Å². The SMILES string of the molecule is O=C(NCCC1SC(NC2CCCCCC2)=NC1=O)Nc1ccc(F)cc1F. The van der Waals surface area contributed by atoms with Crippen molar-refractivity contribution in [1.82, 2.24) is 10.6 Å². The van der Waals surface area contributed by atoms with Crippen LogP contribution in [-0.2, 0) is 4.79 Å². The summed E-state index contributed by atoms with van der Waals surface area (Å²) in [4.78, 5) is 28.0. The summed E-state index contributed by atoms with van der Waals surface area (Å²) in [5.74, 6) is -1.76. The highest BCUT2D eigenvalue weighted by Crippen LogP contribution is 2.26. The Morgan fingerprint density at radius 3 is 2.64 bits per heavy atom. The minimum Gasteiger partial charge on any atom is -0.362 e. The summed E-state index contributed by atoms with van der Waals surface area (Å²) in [7, 11) is 0. The fourth-order valence-electron chi connectivity index (χ4n) is 3.30. The number of benzene rings is 1. The van der Waals surface area contributed by atoms with Gasteiger partial charge in [-0.1, -0.05) is 37.4 Å². The number of halogens is 2. The van der Waals surface area contributed by atoms with E-state index in [-0.39, 0.29) is 23.4 Å². The van der Waals surface area contributed by atoms with Gasteiger partial charge in [0.1, 0.15) is 11.6 Å². The van der Waals surface area contributed by atoms with Crippen molar-refractivity contribution in [3.8, 4) is 0 Å². The number of thioether (sulfide) groups is 1. The standard InChI is InChI=1S/C19H24F2N4O2S/c20-12-7-8-15(14(21)11-12)24-18(27)22-10-9-16-17(26)25-19(28-16)23-13-5-3-1-2-4-6-13/h7-8,11,13,16H,1-6,9-10H2,(H2,22,24,27)(H,23,25,26). The molecule has 1 saturated carbocycles. The average molecular weight is 410 g/mol. The van der Waals surface area contributed by atoms with E-state index in [2.05, 4.69) is 20.9 Å². The molecule has 1 aromatic carbocycles. The first-order valence-electron chi connectivity index (χ1n) is 9.57. The minimum absolute atomic E-state index is 0.108. The molecule has 152 valence electrons. The molecule has 3 amide bonds. The van der Waals surface area contributed by atoms with Crippen molar-refractivity contribution >= 4 is 34.6 Å². The van der Waals surface area contributed by atoms with Crippen LogP contribution in [0.3, 0.4) is 0 Å². The summed E-state index contributed by atoms with van der Waals surface area (Å²) < 4.78 is 26.4. The van der Waals surface area contributed by atoms with Crippen molar-refractivity contribution in [1.29, 1.82) is 0 Å². The fraction of sp³-hybridized carbons (Fsp3) is 0.526. The molecular formula is C19H24F2N4O2S. The molecule has 3 rings (SSSR count). The van der Waals surface area contributed by atoms with Crippen LogP contribution in [0.4, 0.5) is 19.3 Å². The summed E-state index contributed by atoms with van der Waals surface area (Å²) in [5, 5.41) is 8.61. The summed E-state index contributed by atoms with van der Waals surface area (Å²) in [5.41, 5.74) is -0.108. The lowest BCUT2D eigenvalue weighted by molar-refractivity contribution is -0.117. The second-order valence-electron chi connectivity index (χ2n) is 6.99. The van der Waals surface area contributed by atoms with Crippen molar-refractivity contribution in [2.45, 2.75) is 56.2 Å². The van der Waals surface area contributed by atoms with Crippen LogP contribution in [-0.4, -0.2) is 34.9 Å². The minimum atomic E-state index is -0.848. The van der Waals surface area contributed by atoms with Crippen molar-refractivity contribution < 1.29 is 18.4 Å². The lowest BCUT2D eigenvalue weighted by Crippen LogP contribution is -2.33. The molecule has 6 nitrogen and oxygen atoms in total. The van der Waals surface area contributed by atoms with E-state index >= 15 is 0 Å². The van der Waals surface area contributed by atoms with E-state index in [1.165, 1.54) is 37.4 Å². The van der Waals surface area contributed by atoms with Gasteiger partial charge in [0.15, 0.2) is 5.17 Å². The monoisotopic (exact) mass is 410 g/mol. The molecule has 1 aliphatic carbocycles. The van der Waals surface area contributed by atoms with Crippen molar-refractivity contribution in [3.05, 3.63) is 29.8 Å². The van der Waals surface area contributed by atoms with Crippen molar-refractivity contribution in [2.24, 2.45) is 4.99 Å². The molecule has 0 spiro atoms. The zero-order chi connectivity index (χ0) is 19.9. The maximum atomic E-state index is 13.5. The maximum Gasteiger partial charge on any atom is 0.319 e. The molecule has 3 N–H and O–H groups in total. The van der Waals surface area contributed by atoms with Gasteiger partial charge in [0.2, 0.25) is 0 Å². The van der Waals surface area contributed by atoms with E-state index in [4.69, 9.17) is 0 Å². The number of carbonyl (C=O) groups is 2. The number of anilines is 1. The van der Waals surface area contributed by atoms with Gasteiger partial charge in [-0.05, 0) is 31.4 Å². The molecule has 2 aliphatic rings. The van der Waals surface area contributed by atoms with Gasteiger partial charge in [0.05, 0.1) is 10.9 Å². The molecule has 28 heavy (non-hydrogen) atoms. The molecule has 0 aromatic heterocycles. The number of nitrogens with one attached hydrogen (secondary N) is 3. The summed E-state index contributed by atoms with van der Waals surface area (Å²) >= 11 is 1.39. The second kappa shape index (κ2) is 9.86. The van der Waals surface area contributed by atoms with Crippen LogP contribution in [0.2, 0.25) is 0 Å². The predicted molar refractivity (Wildman–Crippen MR) is 106 cm³/mol. The number of amidine groups is 1. The van der Waals surface area contributed by atoms with Crippen LogP contribution < -0.4 is 16.0 Å². The van der Waals surface area contributed by atoms with E-state index in [1.807, 2.05) is 0 Å². The topological polar surface area (TPSA) is 82.6 Å². The molecule has 1 heterocycles. The van der Waals surface area contributed by atoms with Gasteiger partial charge >= 0.3 is 6.03 Å². The Morgan fingerprint density at radius 2 is 1.93 bits per heavy atom. The van der Waals surface area contributed by atoms with E-state index < -0.39 is 17.7 Å². The summed E-state index contributed by atoms with van der Waals surface area (Å²) in [6, 6.07) is 2.67. The van der Waals surface area contributed by atoms with Crippen LogP contribution in [0.25, 0.3) is 0 Å². The van der Waals surface area contributed by atoms with Gasteiger partial charge in [-0.2, -0.15) is 4.99 Å². The van der Waals surface area contributed by atoms with Gasteiger partial charge in [-0.25, -0.2) is 13.6 Å². The lowest BCUT2D eigenvalue weighted by atomic mass is 10.1. The molecule has 1 aliphatic heterocycles. The first-order chi connectivity index (χ1) is 13.5. The fourth-order valence-corrected chi connectivity index (χ4v) is 4.34. The molecule has 0 radical (unpaired) electrons. The smallest absolute Gasteiger partial charge is 0.319 e. The molecule has 1 unspecified atom stereocenters. The zero-order valence-electron chi connectivity index (χ0n) is 15.5. The van der Waals surface area contributed by atoms with Gasteiger partial charge < -0.3 is 16.0 Å². The number of nitrogens with zero attached hydrogens (tertiary/aromatic N) is 1. The zero-order valence-corrected chi connectivity index (χ0v) is 16.3. The third kappa shape index (κ3) is 5.92. The van der Waals surface area contributed by atoms with E-state index in [1.54, 1.807) is 0 Å². The highest BCUT2D eigenvalue weighted by molar-refractivity contribution is 8.15. The Bertz CT molecular complexity index is 751. The number of amides is 3. The Labute approximate surface area is 166 Å². The van der Waals surface area contributed by atoms with E-state index in [9.17, 15) is 18.4 Å². The van der Waals surface area contributed by atoms with Crippen LogP contribution in [0.1, 0.15) is 44.9 Å². The molecule has 1 atom stereocenters. The van der Waals surface area contributed by atoms with Gasteiger partial charge in [-0.15, -0.1) is 0 Å². The first-order valence-corrected chi connectivity index (χ1v) is 10.4. The number of rotatable bonds is 5. The van der Waals surface area contributed by atoms with E-state index in [0.29, 0.717) is 23.7 Å². The highest BCUT2D eigenvalue weighted by atomic mass is 32.2. The molecule has 0 saturated heterocycles. The highest BCUT2D eigenvalue weighted by Gasteiger charge is 2.29. The Morgan fingerprint density at radius 1 is 1.18 bits per heavy atom. The number of hydrogen-bond acceptors (Lipinski definition) is 4. The first kappa shape index (κ1) is 20.6. The quantitative estimate of drug-likeness (QED) is 0.645. The van der Waals surface area contributed by atoms with Crippen LogP contribution in [0, 0.1) is 11.6 Å². The van der Waals surface area contributed by atoms with E-state index in [0.717, 1.165) is 25.0 Å². The van der Waals surface area contributed by atoms with Crippen LogP contribution in [0.15, 0.2) is 23.2 Å². The molecule has 0 bridgehead atoms. The number of hydrogen-bond donors (Lipinski definition) is 3. The second-order valence-corrected chi connectivity index (χ2v) is 8.18. The third-order valence-electron chi connectivity index (χ3n) is 4.80. The molecule has 1 aromatic rings. The maximum absolute atomic E-state index is 13.5. The number of aliphatic imine (C=N–C) groups is 1. The normalized spacial score (nSPS) is 20.4. The molecule has 1 fully saturated rings. The van der Waals surface area contributed by atoms with Gasteiger partial charge in [0, 0.05) is 18.7 Å². The predicted octanol–water partition coefficient (Wildman–Crippen LogP) is 3.79. The van der Waals surface area contributed by atoms with Crippen molar-refractivity contribution in [3.63, 3.8) is 0 Å². The largest absolute Gasteiger partial charge is 0.362 e. The molecule has 9 heteroatoms. The Balaban J connectivity index is 1.39. The van der Waals surface area contributed by atoms with Gasteiger partial charge in [-0.3, -0.25) is 4.79 Å². The summed E-state index contributed by atoms with van der Waals surface area (Å²) in [6.07, 6.45) is 7.52. The Kier molecular flexibility index (Phi) is 7.24. The van der Waals surface area contributed by atoms with Crippen LogP contribution >= 0.6 is 11.8 Å². The Hall–Kier alpha value is -2.16. The summed E-state index contributed by atoms with van der Waals surface area (Å²) in [6.45, 7) is 0.240.